The SMILES string of the molecule is N/N=C(/N)c1cccnc1C(F)(F)F. The molecule has 1 rings (SSSR count). The number of amidine groups is 1. The minimum Gasteiger partial charge on any atom is -0.382 e. The molecule has 4 N–H and O–H groups in total. The first-order valence-corrected chi connectivity index (χ1v) is 3.52. The second-order valence-corrected chi connectivity index (χ2v) is 2.41. The van der Waals surface area contributed by atoms with Gasteiger partial charge in [-0.3, -0.25) is 4.98 Å². The topological polar surface area (TPSA) is 77.3 Å². The molecule has 1 aromatic rings. The minimum atomic E-state index is -4.56. The number of hydrogen-bond acceptors (Lipinski definition) is 3. The van der Waals surface area contributed by atoms with Crippen LogP contribution in [0.2, 0.25) is 0 Å². The van der Waals surface area contributed by atoms with Crippen molar-refractivity contribution in [3.63, 3.8) is 0 Å². The summed E-state index contributed by atoms with van der Waals surface area (Å²) in [7, 11) is 0. The highest BCUT2D eigenvalue weighted by molar-refractivity contribution is 5.98. The third-order valence-corrected chi connectivity index (χ3v) is 1.49. The van der Waals surface area contributed by atoms with Gasteiger partial charge in [-0.05, 0) is 12.1 Å². The first-order valence-electron chi connectivity index (χ1n) is 3.52. The molecule has 7 heteroatoms. The summed E-state index contributed by atoms with van der Waals surface area (Å²) in [6.07, 6.45) is -3.54. The number of pyridine rings is 1. The molecule has 0 fully saturated rings. The maximum absolute atomic E-state index is 12.3. The first kappa shape index (κ1) is 10.3. The molecule has 76 valence electrons. The van der Waals surface area contributed by atoms with Gasteiger partial charge in [-0.25, -0.2) is 0 Å². The van der Waals surface area contributed by atoms with E-state index < -0.39 is 17.7 Å². The lowest BCUT2D eigenvalue weighted by atomic mass is 10.2. The van der Waals surface area contributed by atoms with E-state index in [1.54, 1.807) is 0 Å². The van der Waals surface area contributed by atoms with E-state index in [-0.39, 0.29) is 5.56 Å². The van der Waals surface area contributed by atoms with E-state index in [1.807, 2.05) is 0 Å². The number of hydrazone groups is 1. The van der Waals surface area contributed by atoms with Crippen LogP contribution in [0.1, 0.15) is 11.3 Å². The van der Waals surface area contributed by atoms with Gasteiger partial charge < -0.3 is 11.6 Å². The second-order valence-electron chi connectivity index (χ2n) is 2.41. The van der Waals surface area contributed by atoms with Crippen LogP contribution < -0.4 is 11.6 Å². The van der Waals surface area contributed by atoms with Crippen molar-refractivity contribution in [2.45, 2.75) is 6.18 Å². The summed E-state index contributed by atoms with van der Waals surface area (Å²) in [5.41, 5.74) is 3.77. The molecule has 0 aliphatic heterocycles. The Morgan fingerprint density at radius 3 is 2.57 bits per heavy atom. The zero-order valence-electron chi connectivity index (χ0n) is 6.92. The first-order chi connectivity index (χ1) is 6.46. The average Bonchev–Trinajstić information content (AvgIpc) is 2.15. The lowest BCUT2D eigenvalue weighted by molar-refractivity contribution is -0.141. The number of nitrogens with zero attached hydrogens (tertiary/aromatic N) is 2. The maximum atomic E-state index is 12.3. The Hall–Kier alpha value is -1.79. The Morgan fingerprint density at radius 1 is 1.43 bits per heavy atom. The fourth-order valence-corrected chi connectivity index (χ4v) is 0.907. The summed E-state index contributed by atoms with van der Waals surface area (Å²) < 4.78 is 37.0. The summed E-state index contributed by atoms with van der Waals surface area (Å²) >= 11 is 0. The summed E-state index contributed by atoms with van der Waals surface area (Å²) in [4.78, 5) is 3.18. The molecule has 0 aliphatic carbocycles. The van der Waals surface area contributed by atoms with Crippen LogP contribution >= 0.6 is 0 Å². The van der Waals surface area contributed by atoms with E-state index >= 15 is 0 Å². The molecular weight excluding hydrogens is 197 g/mol. The van der Waals surface area contributed by atoms with E-state index in [1.165, 1.54) is 6.07 Å². The van der Waals surface area contributed by atoms with Crippen LogP contribution in [-0.4, -0.2) is 10.8 Å². The maximum Gasteiger partial charge on any atom is 0.434 e. The van der Waals surface area contributed by atoms with Crippen molar-refractivity contribution in [2.75, 3.05) is 0 Å². The van der Waals surface area contributed by atoms with Gasteiger partial charge in [-0.15, -0.1) is 0 Å². The molecular formula is C7H7F3N4. The lowest BCUT2D eigenvalue weighted by Crippen LogP contribution is -2.22. The summed E-state index contributed by atoms with van der Waals surface area (Å²) in [5, 5.41) is 2.99. The second kappa shape index (κ2) is 3.52. The molecule has 0 aromatic carbocycles. The highest BCUT2D eigenvalue weighted by Gasteiger charge is 2.35. The molecule has 0 atom stereocenters. The largest absolute Gasteiger partial charge is 0.434 e. The third-order valence-electron chi connectivity index (χ3n) is 1.49. The van der Waals surface area contributed by atoms with Gasteiger partial charge in [0.25, 0.3) is 0 Å². The lowest BCUT2D eigenvalue weighted by Gasteiger charge is -2.09. The number of halogens is 3. The van der Waals surface area contributed by atoms with Gasteiger partial charge in [-0.1, -0.05) is 0 Å². The third kappa shape index (κ3) is 1.93. The Morgan fingerprint density at radius 2 is 2.07 bits per heavy atom. The number of nitrogens with two attached hydrogens (primary N) is 2. The van der Waals surface area contributed by atoms with Crippen LogP contribution in [-0.2, 0) is 6.18 Å². The highest BCUT2D eigenvalue weighted by atomic mass is 19.4. The van der Waals surface area contributed by atoms with E-state index in [4.69, 9.17) is 11.6 Å². The molecule has 0 amide bonds. The quantitative estimate of drug-likeness (QED) is 0.305. The zero-order valence-corrected chi connectivity index (χ0v) is 6.92. The fraction of sp³-hybridized carbons (Fsp3) is 0.143. The van der Waals surface area contributed by atoms with Crippen molar-refractivity contribution in [1.29, 1.82) is 0 Å². The van der Waals surface area contributed by atoms with Crippen molar-refractivity contribution >= 4 is 5.84 Å². The average molecular weight is 204 g/mol. The Balaban J connectivity index is 3.31. The van der Waals surface area contributed by atoms with Gasteiger partial charge >= 0.3 is 6.18 Å². The molecule has 0 spiro atoms. The normalized spacial score (nSPS) is 12.9. The van der Waals surface area contributed by atoms with Crippen LogP contribution in [0.3, 0.4) is 0 Å². The van der Waals surface area contributed by atoms with E-state index in [9.17, 15) is 13.2 Å². The minimum absolute atomic E-state index is 0.317. The molecule has 0 bridgehead atoms. The van der Waals surface area contributed by atoms with Crippen LogP contribution in [0.25, 0.3) is 0 Å². The van der Waals surface area contributed by atoms with Crippen molar-refractivity contribution in [3.8, 4) is 0 Å². The highest BCUT2D eigenvalue weighted by Crippen LogP contribution is 2.29. The molecule has 1 aromatic heterocycles. The predicted octanol–water partition coefficient (Wildman–Crippen LogP) is 0.679. The molecule has 0 aliphatic rings. The van der Waals surface area contributed by atoms with Crippen LogP contribution in [0.5, 0.6) is 0 Å². The Labute approximate surface area is 77.4 Å². The summed E-state index contributed by atoms with van der Waals surface area (Å²) in [5.74, 6) is 4.39. The Kier molecular flexibility index (Phi) is 2.59. The number of rotatable bonds is 1. The molecule has 4 nitrogen and oxygen atoms in total. The van der Waals surface area contributed by atoms with Crippen molar-refractivity contribution in [3.05, 3.63) is 29.6 Å². The van der Waals surface area contributed by atoms with E-state index in [0.717, 1.165) is 12.3 Å². The van der Waals surface area contributed by atoms with E-state index in [0.29, 0.717) is 0 Å². The van der Waals surface area contributed by atoms with Gasteiger partial charge in [0.2, 0.25) is 0 Å². The summed E-state index contributed by atoms with van der Waals surface area (Å²) in [6, 6.07) is 2.48. The van der Waals surface area contributed by atoms with Gasteiger partial charge in [0.1, 0.15) is 0 Å². The fourth-order valence-electron chi connectivity index (χ4n) is 0.907. The molecule has 0 saturated carbocycles. The number of aromatic nitrogens is 1. The monoisotopic (exact) mass is 204 g/mol. The predicted molar refractivity (Wildman–Crippen MR) is 44.2 cm³/mol. The van der Waals surface area contributed by atoms with Crippen molar-refractivity contribution in [2.24, 2.45) is 16.7 Å². The van der Waals surface area contributed by atoms with Crippen molar-refractivity contribution in [1.82, 2.24) is 4.98 Å². The van der Waals surface area contributed by atoms with Gasteiger partial charge in [0.05, 0.1) is 0 Å². The molecule has 0 unspecified atom stereocenters. The van der Waals surface area contributed by atoms with Crippen LogP contribution in [0.4, 0.5) is 13.2 Å². The van der Waals surface area contributed by atoms with Gasteiger partial charge in [0.15, 0.2) is 11.5 Å². The van der Waals surface area contributed by atoms with Gasteiger partial charge in [-0.2, -0.15) is 18.3 Å². The molecule has 1 heterocycles. The van der Waals surface area contributed by atoms with Crippen LogP contribution in [0.15, 0.2) is 23.4 Å². The molecule has 0 saturated heterocycles. The molecule has 0 radical (unpaired) electrons. The number of alkyl halides is 3. The zero-order chi connectivity index (χ0) is 10.8. The number of hydrogen-bond donors (Lipinski definition) is 2. The summed E-state index contributed by atoms with van der Waals surface area (Å²) in [6.45, 7) is 0. The standard InChI is InChI=1S/C7H7F3N4/c8-7(9,10)5-4(6(11)14-12)2-1-3-13-5/h1-3H,12H2,(H2,11,14). The smallest absolute Gasteiger partial charge is 0.382 e. The van der Waals surface area contributed by atoms with Crippen LogP contribution in [0, 0.1) is 0 Å². The Bertz CT molecular complexity index is 358. The van der Waals surface area contributed by atoms with Gasteiger partial charge in [0, 0.05) is 11.8 Å². The van der Waals surface area contributed by atoms with E-state index in [2.05, 4.69) is 10.1 Å². The van der Waals surface area contributed by atoms with Crippen molar-refractivity contribution < 1.29 is 13.2 Å². The molecule has 14 heavy (non-hydrogen) atoms.